The molecule has 0 saturated carbocycles. The molecule has 0 bridgehead atoms. The van der Waals surface area contributed by atoms with E-state index < -0.39 is 0 Å². The van der Waals surface area contributed by atoms with E-state index in [2.05, 4.69) is 11.4 Å². The smallest absolute Gasteiger partial charge is 0.227 e. The molecule has 3 N–H and O–H groups in total. The third kappa shape index (κ3) is 4.53. The van der Waals surface area contributed by atoms with Crippen LogP contribution in [0.3, 0.4) is 0 Å². The van der Waals surface area contributed by atoms with Crippen LogP contribution in [-0.4, -0.2) is 10.9 Å². The minimum absolute atomic E-state index is 0.0530. The summed E-state index contributed by atoms with van der Waals surface area (Å²) in [6, 6.07) is 5.95. The molecule has 1 rings (SSSR count). The van der Waals surface area contributed by atoms with Gasteiger partial charge in [-0.2, -0.15) is 0 Å². The second-order valence-corrected chi connectivity index (χ2v) is 4.96. The topological polar surface area (TPSA) is 55.1 Å². The fourth-order valence-electron chi connectivity index (χ4n) is 1.71. The van der Waals surface area contributed by atoms with Gasteiger partial charge in [0.1, 0.15) is 0 Å². The minimum atomic E-state index is -0.201. The molecule has 0 aliphatic rings. The highest BCUT2D eigenvalue weighted by molar-refractivity contribution is 7.80. The zero-order valence-electron chi connectivity index (χ0n) is 10.4. The van der Waals surface area contributed by atoms with Gasteiger partial charge in [0.25, 0.3) is 0 Å². The van der Waals surface area contributed by atoms with Crippen molar-refractivity contribution in [2.75, 3.05) is 5.32 Å². The van der Waals surface area contributed by atoms with Gasteiger partial charge in [0.15, 0.2) is 0 Å². The van der Waals surface area contributed by atoms with Crippen LogP contribution in [0.2, 0.25) is 0 Å². The van der Waals surface area contributed by atoms with Gasteiger partial charge < -0.3 is 11.1 Å². The molecule has 0 aliphatic carbocycles. The number of carbonyl (C=O) groups is 1. The van der Waals surface area contributed by atoms with Crippen LogP contribution in [0.25, 0.3) is 0 Å². The summed E-state index contributed by atoms with van der Waals surface area (Å²) in [6.07, 6.45) is 0.436. The van der Waals surface area contributed by atoms with E-state index in [-0.39, 0.29) is 11.8 Å². The molecule has 17 heavy (non-hydrogen) atoms. The van der Waals surface area contributed by atoms with Crippen LogP contribution in [0.5, 0.6) is 0 Å². The van der Waals surface area contributed by atoms with Gasteiger partial charge >= 0.3 is 0 Å². The summed E-state index contributed by atoms with van der Waals surface area (Å²) < 4.78 is 0. The summed E-state index contributed by atoms with van der Waals surface area (Å²) >= 11 is 4.79. The average Bonchev–Trinajstić information content (AvgIpc) is 2.14. The fourth-order valence-corrected chi connectivity index (χ4v) is 1.96. The number of aryl methyl sites for hydroxylation is 2. The number of benzene rings is 1. The molecule has 4 heteroatoms. The Morgan fingerprint density at radius 1 is 1.35 bits per heavy atom. The lowest BCUT2D eigenvalue weighted by Gasteiger charge is -2.12. The van der Waals surface area contributed by atoms with Gasteiger partial charge in [-0.05, 0) is 37.1 Å². The standard InChI is InChI=1S/C13H18N2OS/c1-8-4-9(2)6-11(5-8)15-13(16)10(3)7-12(14)17/h4-6,10H,7H2,1-3H3,(H2,14,17)(H,15,16). The highest BCUT2D eigenvalue weighted by atomic mass is 32.1. The van der Waals surface area contributed by atoms with Crippen molar-refractivity contribution in [2.24, 2.45) is 11.7 Å². The van der Waals surface area contributed by atoms with Crippen LogP contribution >= 0.6 is 12.2 Å². The maximum atomic E-state index is 11.8. The fraction of sp³-hybridized carbons (Fsp3) is 0.385. The first kappa shape index (κ1) is 13.6. The third-order valence-corrected chi connectivity index (χ3v) is 2.61. The van der Waals surface area contributed by atoms with Gasteiger partial charge in [0.2, 0.25) is 5.91 Å². The first-order valence-corrected chi connectivity index (χ1v) is 5.97. The minimum Gasteiger partial charge on any atom is -0.393 e. The van der Waals surface area contributed by atoms with Crippen LogP contribution < -0.4 is 11.1 Å². The van der Waals surface area contributed by atoms with E-state index in [0.29, 0.717) is 11.4 Å². The van der Waals surface area contributed by atoms with Crippen molar-refractivity contribution in [3.05, 3.63) is 29.3 Å². The Morgan fingerprint density at radius 2 is 1.88 bits per heavy atom. The zero-order valence-corrected chi connectivity index (χ0v) is 11.2. The predicted molar refractivity (Wildman–Crippen MR) is 75.1 cm³/mol. The van der Waals surface area contributed by atoms with E-state index in [0.717, 1.165) is 16.8 Å². The third-order valence-electron chi connectivity index (χ3n) is 2.44. The second-order valence-electron chi connectivity index (χ2n) is 4.44. The van der Waals surface area contributed by atoms with Crippen LogP contribution in [0.1, 0.15) is 24.5 Å². The molecule has 92 valence electrons. The molecule has 1 atom stereocenters. The number of nitrogens with two attached hydrogens (primary N) is 1. The lowest BCUT2D eigenvalue weighted by Crippen LogP contribution is -2.24. The zero-order chi connectivity index (χ0) is 13.0. The molecule has 0 saturated heterocycles. The van der Waals surface area contributed by atoms with E-state index >= 15 is 0 Å². The molecular formula is C13H18N2OS. The molecule has 0 radical (unpaired) electrons. The van der Waals surface area contributed by atoms with E-state index in [9.17, 15) is 4.79 Å². The molecule has 0 fully saturated rings. The molecule has 1 aromatic rings. The van der Waals surface area contributed by atoms with Crippen molar-refractivity contribution in [2.45, 2.75) is 27.2 Å². The van der Waals surface area contributed by atoms with Crippen LogP contribution in [0.15, 0.2) is 18.2 Å². The van der Waals surface area contributed by atoms with Crippen molar-refractivity contribution in [1.82, 2.24) is 0 Å². The number of carbonyl (C=O) groups excluding carboxylic acids is 1. The molecule has 1 unspecified atom stereocenters. The Hall–Kier alpha value is -1.42. The highest BCUT2D eigenvalue weighted by Crippen LogP contribution is 2.15. The van der Waals surface area contributed by atoms with Crippen LogP contribution in [0, 0.1) is 19.8 Å². The monoisotopic (exact) mass is 250 g/mol. The molecule has 0 aliphatic heterocycles. The van der Waals surface area contributed by atoms with E-state index in [1.807, 2.05) is 32.9 Å². The normalized spacial score (nSPS) is 11.9. The van der Waals surface area contributed by atoms with Crippen molar-refractivity contribution < 1.29 is 4.79 Å². The number of hydrogen-bond acceptors (Lipinski definition) is 2. The summed E-state index contributed by atoms with van der Waals surface area (Å²) in [4.78, 5) is 12.2. The van der Waals surface area contributed by atoms with E-state index in [1.54, 1.807) is 0 Å². The largest absolute Gasteiger partial charge is 0.393 e. The number of nitrogens with one attached hydrogen (secondary N) is 1. The molecular weight excluding hydrogens is 232 g/mol. The molecule has 0 heterocycles. The van der Waals surface area contributed by atoms with Crippen molar-refractivity contribution in [3.63, 3.8) is 0 Å². The summed E-state index contributed by atoms with van der Waals surface area (Å²) in [5, 5.41) is 2.87. The summed E-state index contributed by atoms with van der Waals surface area (Å²) in [5.41, 5.74) is 8.50. The molecule has 0 aromatic heterocycles. The Labute approximate surface area is 107 Å². The first-order valence-electron chi connectivity index (χ1n) is 5.56. The van der Waals surface area contributed by atoms with E-state index in [1.165, 1.54) is 0 Å². The quantitative estimate of drug-likeness (QED) is 0.807. The van der Waals surface area contributed by atoms with Crippen molar-refractivity contribution in [3.8, 4) is 0 Å². The van der Waals surface area contributed by atoms with Gasteiger partial charge in [-0.3, -0.25) is 4.79 Å². The van der Waals surface area contributed by atoms with Gasteiger partial charge in [-0.25, -0.2) is 0 Å². The molecule has 0 spiro atoms. The second kappa shape index (κ2) is 5.77. The van der Waals surface area contributed by atoms with Gasteiger partial charge in [-0.15, -0.1) is 0 Å². The van der Waals surface area contributed by atoms with Gasteiger partial charge in [0.05, 0.1) is 4.99 Å². The summed E-state index contributed by atoms with van der Waals surface area (Å²) in [6.45, 7) is 5.82. The number of hydrogen-bond donors (Lipinski definition) is 2. The number of thiocarbonyl (C=S) groups is 1. The number of amides is 1. The predicted octanol–water partition coefficient (Wildman–Crippen LogP) is 2.55. The highest BCUT2D eigenvalue weighted by Gasteiger charge is 2.14. The number of rotatable bonds is 4. The lowest BCUT2D eigenvalue weighted by atomic mass is 10.1. The van der Waals surface area contributed by atoms with Crippen molar-refractivity contribution in [1.29, 1.82) is 0 Å². The first-order chi connectivity index (χ1) is 7.88. The summed E-state index contributed by atoms with van der Waals surface area (Å²) in [7, 11) is 0. The molecule has 3 nitrogen and oxygen atoms in total. The average molecular weight is 250 g/mol. The van der Waals surface area contributed by atoms with Crippen LogP contribution in [-0.2, 0) is 4.79 Å². The Bertz CT molecular complexity index is 423. The summed E-state index contributed by atoms with van der Waals surface area (Å²) in [5.74, 6) is -0.254. The van der Waals surface area contributed by atoms with Crippen LogP contribution in [0.4, 0.5) is 5.69 Å². The van der Waals surface area contributed by atoms with Gasteiger partial charge in [0, 0.05) is 18.0 Å². The Kier molecular flexibility index (Phi) is 4.63. The molecule has 1 amide bonds. The SMILES string of the molecule is Cc1cc(C)cc(NC(=O)C(C)CC(N)=S)c1. The lowest BCUT2D eigenvalue weighted by molar-refractivity contribution is -0.119. The maximum absolute atomic E-state index is 11.8. The van der Waals surface area contributed by atoms with E-state index in [4.69, 9.17) is 18.0 Å². The number of anilines is 1. The van der Waals surface area contributed by atoms with Crippen molar-refractivity contribution >= 4 is 28.8 Å². The molecule has 1 aromatic carbocycles. The Morgan fingerprint density at radius 3 is 2.35 bits per heavy atom. The Balaban J connectivity index is 2.70. The maximum Gasteiger partial charge on any atom is 0.227 e. The van der Waals surface area contributed by atoms with Gasteiger partial charge in [-0.1, -0.05) is 25.2 Å².